The first-order chi connectivity index (χ1) is 29.7. The highest BCUT2D eigenvalue weighted by Gasteiger charge is 2.35. The molecule has 0 N–H and O–H groups in total. The van der Waals surface area contributed by atoms with E-state index in [2.05, 4.69) is 109 Å². The Bertz CT molecular complexity index is 2720. The van der Waals surface area contributed by atoms with Gasteiger partial charge in [0, 0.05) is 44.9 Å². The summed E-state index contributed by atoms with van der Waals surface area (Å²) in [6, 6.07) is 70.0. The summed E-state index contributed by atoms with van der Waals surface area (Å²) in [7, 11) is -3.74. The Kier molecular flexibility index (Phi) is 9.51. The van der Waals surface area contributed by atoms with Crippen LogP contribution in [0.15, 0.2) is 206 Å². The lowest BCUT2D eigenvalue weighted by molar-refractivity contribution is 0.380. The summed E-state index contributed by atoms with van der Waals surface area (Å²) >= 11 is 0. The lowest BCUT2D eigenvalue weighted by Gasteiger charge is -2.31. The molecular weight excluding hydrogens is 783 g/mol. The van der Waals surface area contributed by atoms with E-state index in [9.17, 15) is 0 Å². The Morgan fingerprint density at radius 1 is 0.317 bits per heavy atom. The monoisotopic (exact) mass is 818 g/mol. The third kappa shape index (κ3) is 6.84. The smallest absolute Gasteiger partial charge is 0.408 e. The molecule has 290 valence electrons. The van der Waals surface area contributed by atoms with E-state index in [1.54, 1.807) is 0 Å². The van der Waals surface area contributed by atoms with Crippen molar-refractivity contribution in [3.63, 3.8) is 0 Å². The topological polar surface area (TPSA) is 55.4 Å². The van der Waals surface area contributed by atoms with E-state index in [1.165, 1.54) is 0 Å². The molecule has 0 unspecified atom stereocenters. The number of fused-ring (bicyclic) bond motifs is 6. The predicted molar refractivity (Wildman–Crippen MR) is 240 cm³/mol. The summed E-state index contributed by atoms with van der Waals surface area (Å²) in [5.74, 6) is 3.79. The summed E-state index contributed by atoms with van der Waals surface area (Å²) < 4.78 is 40.1. The van der Waals surface area contributed by atoms with Crippen LogP contribution in [0.2, 0.25) is 0 Å². The molecule has 0 fully saturated rings. The van der Waals surface area contributed by atoms with Gasteiger partial charge in [-0.2, -0.15) is 0 Å². The second kappa shape index (κ2) is 15.7. The van der Waals surface area contributed by atoms with Crippen LogP contribution in [0, 0.1) is 0 Å². The fourth-order valence-corrected chi connectivity index (χ4v) is 10.5. The van der Waals surface area contributed by atoms with Crippen LogP contribution in [0.5, 0.6) is 34.5 Å². The zero-order valence-electron chi connectivity index (χ0n) is 32.1. The molecule has 2 heterocycles. The molecule has 6 nitrogen and oxygen atoms in total. The van der Waals surface area contributed by atoms with Gasteiger partial charge in [0.05, 0.1) is 0 Å². The van der Waals surface area contributed by atoms with E-state index in [1.807, 2.05) is 97.1 Å². The Morgan fingerprint density at radius 2 is 0.633 bits per heavy atom. The van der Waals surface area contributed by atoms with Gasteiger partial charge in [0.25, 0.3) is 0 Å². The molecule has 0 amide bonds. The summed E-state index contributed by atoms with van der Waals surface area (Å²) in [5, 5.41) is 4.16. The summed E-state index contributed by atoms with van der Waals surface area (Å²) in [6.07, 6.45) is 0. The first-order valence-corrected chi connectivity index (χ1v) is 22.0. The van der Waals surface area contributed by atoms with Crippen molar-refractivity contribution in [2.24, 2.45) is 0 Å². The van der Waals surface area contributed by atoms with Crippen molar-refractivity contribution in [2.45, 2.75) is 11.8 Å². The third-order valence-electron chi connectivity index (χ3n) is 11.0. The average molecular weight is 819 g/mol. The first kappa shape index (κ1) is 36.3. The normalized spacial score (nSPS) is 17.9. The van der Waals surface area contributed by atoms with Gasteiger partial charge in [-0.3, -0.25) is 0 Å². The molecule has 0 radical (unpaired) electrons. The van der Waals surface area contributed by atoms with Gasteiger partial charge in [0.1, 0.15) is 34.5 Å². The number of hydrogen-bond acceptors (Lipinski definition) is 6. The number of hydrogen-bond donors (Lipinski definition) is 0. The van der Waals surface area contributed by atoms with Crippen molar-refractivity contribution < 1.29 is 27.1 Å². The van der Waals surface area contributed by atoms with Crippen LogP contribution < -0.4 is 27.1 Å². The van der Waals surface area contributed by atoms with E-state index in [0.29, 0.717) is 34.5 Å². The van der Waals surface area contributed by atoms with Crippen LogP contribution in [-0.4, -0.2) is 0 Å². The Labute approximate surface area is 350 Å². The van der Waals surface area contributed by atoms with Gasteiger partial charge < -0.3 is 27.1 Å². The molecule has 2 aliphatic heterocycles. The van der Waals surface area contributed by atoms with E-state index in [4.69, 9.17) is 27.1 Å². The highest BCUT2D eigenvalue weighted by Crippen LogP contribution is 2.55. The molecule has 0 atom stereocenters. The highest BCUT2D eigenvalue weighted by molar-refractivity contribution is 7.43. The van der Waals surface area contributed by atoms with Gasteiger partial charge in [0.15, 0.2) is 0 Å². The van der Waals surface area contributed by atoms with Gasteiger partial charge in [-0.25, -0.2) is 0 Å². The molecule has 9 aromatic carbocycles. The molecule has 9 aromatic rings. The first-order valence-electron chi connectivity index (χ1n) is 19.8. The van der Waals surface area contributed by atoms with E-state index < -0.39 is 17.2 Å². The minimum atomic E-state index is -1.87. The summed E-state index contributed by atoms with van der Waals surface area (Å²) in [5.41, 5.74) is 6.23. The molecule has 60 heavy (non-hydrogen) atoms. The van der Waals surface area contributed by atoms with Gasteiger partial charge >= 0.3 is 17.2 Å². The molecule has 8 heteroatoms. The van der Waals surface area contributed by atoms with Gasteiger partial charge in [-0.15, -0.1) is 0 Å². The Morgan fingerprint density at radius 3 is 1.03 bits per heavy atom. The van der Waals surface area contributed by atoms with Crippen molar-refractivity contribution >= 4 is 38.7 Å². The number of para-hydroxylation sites is 4. The molecule has 0 bridgehead atoms. The van der Waals surface area contributed by atoms with Crippen LogP contribution in [0.4, 0.5) is 0 Å². The third-order valence-corrected chi connectivity index (χ3v) is 13.1. The molecule has 0 spiro atoms. The van der Waals surface area contributed by atoms with Crippen LogP contribution in [0.25, 0.3) is 21.5 Å². The minimum absolute atomic E-state index is 0.222. The van der Waals surface area contributed by atoms with E-state index in [0.717, 1.165) is 54.9 Å². The van der Waals surface area contributed by atoms with Crippen molar-refractivity contribution in [3.05, 3.63) is 240 Å². The largest absolute Gasteiger partial charge is 0.530 e. The van der Waals surface area contributed by atoms with E-state index in [-0.39, 0.29) is 11.8 Å². The standard InChI is InChI=1S/C52H36O6P2/c1-3-22-39-35(16-1)18-14-32-45(39)53-59-55-47-28-9-5-24-41(47)51(42-25-6-10-29-48(42)56-59)37-20-13-21-38(34-37)52-43-26-7-11-30-49(43)57-60(58-50-31-12-8-27-44(50)52)54-46-33-15-19-36-17-2-4-23-40(36)46/h1-34,51-52H. The molecular formula is C52H36O6P2. The van der Waals surface area contributed by atoms with Crippen molar-refractivity contribution in [1.29, 1.82) is 0 Å². The molecule has 0 aliphatic carbocycles. The molecule has 2 aliphatic rings. The highest BCUT2D eigenvalue weighted by atomic mass is 31.2. The maximum absolute atomic E-state index is 6.72. The maximum atomic E-state index is 6.72. The molecule has 0 saturated carbocycles. The zero-order chi connectivity index (χ0) is 39.8. The van der Waals surface area contributed by atoms with Gasteiger partial charge in [-0.05, 0) is 58.3 Å². The van der Waals surface area contributed by atoms with Crippen LogP contribution in [0.1, 0.15) is 45.2 Å². The van der Waals surface area contributed by atoms with Crippen molar-refractivity contribution in [2.75, 3.05) is 0 Å². The lowest BCUT2D eigenvalue weighted by Crippen LogP contribution is -2.15. The minimum Gasteiger partial charge on any atom is -0.408 e. The second-order valence-electron chi connectivity index (χ2n) is 14.6. The maximum Gasteiger partial charge on any atom is 0.530 e. The fraction of sp³-hybridized carbons (Fsp3) is 0.0385. The summed E-state index contributed by atoms with van der Waals surface area (Å²) in [4.78, 5) is 0. The second-order valence-corrected chi connectivity index (χ2v) is 16.6. The fourth-order valence-electron chi connectivity index (χ4n) is 8.32. The van der Waals surface area contributed by atoms with Crippen LogP contribution >= 0.6 is 17.2 Å². The van der Waals surface area contributed by atoms with E-state index >= 15 is 0 Å². The van der Waals surface area contributed by atoms with Crippen LogP contribution in [0.3, 0.4) is 0 Å². The van der Waals surface area contributed by atoms with Crippen LogP contribution in [-0.2, 0) is 0 Å². The molecule has 0 saturated heterocycles. The van der Waals surface area contributed by atoms with Gasteiger partial charge in [0.2, 0.25) is 0 Å². The predicted octanol–water partition coefficient (Wildman–Crippen LogP) is 14.5. The molecule has 0 aromatic heterocycles. The summed E-state index contributed by atoms with van der Waals surface area (Å²) in [6.45, 7) is 0. The van der Waals surface area contributed by atoms with Gasteiger partial charge in [-0.1, -0.05) is 170 Å². The lowest BCUT2D eigenvalue weighted by atomic mass is 9.79. The SMILES string of the molecule is c1cc(C2c3ccccc3OP(Oc3cccc4ccccc34)Oc3ccccc32)cc(C2c3ccccc3OP(Oc3cccc4ccccc34)Oc3ccccc32)c1. The van der Waals surface area contributed by atoms with Crippen molar-refractivity contribution in [3.8, 4) is 34.5 Å². The number of rotatable bonds is 6. The molecule has 11 rings (SSSR count). The Balaban J connectivity index is 0.986. The van der Waals surface area contributed by atoms with Crippen molar-refractivity contribution in [1.82, 2.24) is 0 Å². The number of benzene rings is 9. The Hall–Kier alpha value is -6.84. The average Bonchev–Trinajstić information content (AvgIpc) is 3.28. The zero-order valence-corrected chi connectivity index (χ0v) is 33.9. The quantitative estimate of drug-likeness (QED) is 0.156.